The van der Waals surface area contributed by atoms with Crippen LogP contribution < -0.4 is 4.90 Å². The maximum Gasteiger partial charge on any atom is 0.280 e. The molecule has 0 atom stereocenters. The molecular formula is C15H20N2O3. The summed E-state index contributed by atoms with van der Waals surface area (Å²) in [6.45, 7) is 0. The molecular weight excluding hydrogens is 256 g/mol. The molecule has 0 spiro atoms. The average molecular weight is 276 g/mol. The Morgan fingerprint density at radius 1 is 1.25 bits per heavy atom. The SMILES string of the molecule is CN(c1ccc([N+](=O)[O-])c(C=O)c1)C1CCCCCC1. The van der Waals surface area contributed by atoms with Gasteiger partial charge in [0.05, 0.1) is 10.5 Å². The van der Waals surface area contributed by atoms with Crippen molar-refractivity contribution in [3.8, 4) is 0 Å². The zero-order valence-corrected chi connectivity index (χ0v) is 11.7. The highest BCUT2D eigenvalue weighted by molar-refractivity contribution is 5.83. The lowest BCUT2D eigenvalue weighted by molar-refractivity contribution is -0.385. The predicted molar refractivity (Wildman–Crippen MR) is 78.4 cm³/mol. The van der Waals surface area contributed by atoms with Crippen LogP contribution >= 0.6 is 0 Å². The minimum atomic E-state index is -0.515. The highest BCUT2D eigenvalue weighted by atomic mass is 16.6. The summed E-state index contributed by atoms with van der Waals surface area (Å²) in [5.41, 5.74) is 0.899. The van der Waals surface area contributed by atoms with Gasteiger partial charge in [0.25, 0.3) is 5.69 Å². The Labute approximate surface area is 118 Å². The molecule has 0 heterocycles. The number of nitrogens with zero attached hydrogens (tertiary/aromatic N) is 2. The first kappa shape index (κ1) is 14.5. The van der Waals surface area contributed by atoms with Crippen LogP contribution in [-0.4, -0.2) is 24.3 Å². The van der Waals surface area contributed by atoms with E-state index in [1.807, 2.05) is 7.05 Å². The second-order valence-electron chi connectivity index (χ2n) is 5.37. The molecule has 1 saturated carbocycles. The average Bonchev–Trinajstić information content (AvgIpc) is 2.74. The smallest absolute Gasteiger partial charge is 0.280 e. The minimum Gasteiger partial charge on any atom is -0.372 e. The predicted octanol–water partition coefficient (Wildman–Crippen LogP) is 3.57. The van der Waals surface area contributed by atoms with Crippen LogP contribution in [0.15, 0.2) is 18.2 Å². The van der Waals surface area contributed by atoms with Crippen LogP contribution in [0.25, 0.3) is 0 Å². The van der Waals surface area contributed by atoms with Crippen molar-refractivity contribution in [2.75, 3.05) is 11.9 Å². The number of hydrogen-bond donors (Lipinski definition) is 0. The third-order valence-corrected chi connectivity index (χ3v) is 4.11. The summed E-state index contributed by atoms with van der Waals surface area (Å²) in [7, 11) is 2.01. The van der Waals surface area contributed by atoms with Crippen molar-refractivity contribution in [1.82, 2.24) is 0 Å². The van der Waals surface area contributed by atoms with Crippen LogP contribution in [0.5, 0.6) is 0 Å². The van der Waals surface area contributed by atoms with Gasteiger partial charge in [0.15, 0.2) is 6.29 Å². The quantitative estimate of drug-likeness (QED) is 0.365. The minimum absolute atomic E-state index is 0.127. The van der Waals surface area contributed by atoms with Crippen LogP contribution in [0.3, 0.4) is 0 Å². The lowest BCUT2D eigenvalue weighted by Gasteiger charge is -2.29. The molecule has 0 radical (unpaired) electrons. The van der Waals surface area contributed by atoms with Crippen LogP contribution in [0, 0.1) is 10.1 Å². The van der Waals surface area contributed by atoms with E-state index in [1.165, 1.54) is 31.7 Å². The molecule has 0 aromatic heterocycles. The topological polar surface area (TPSA) is 63.4 Å². The van der Waals surface area contributed by atoms with Crippen LogP contribution in [0.4, 0.5) is 11.4 Å². The lowest BCUT2D eigenvalue weighted by Crippen LogP contribution is -2.31. The summed E-state index contributed by atoms with van der Waals surface area (Å²) >= 11 is 0. The molecule has 1 aliphatic rings. The number of nitro groups is 1. The standard InChI is InChI=1S/C15H20N2O3/c1-16(13-6-4-2-3-5-7-13)14-8-9-15(17(19)20)12(10-14)11-18/h8-11,13H,2-7H2,1H3. The van der Waals surface area contributed by atoms with Gasteiger partial charge in [-0.05, 0) is 25.0 Å². The monoisotopic (exact) mass is 276 g/mol. The molecule has 1 aromatic rings. The molecule has 108 valence electrons. The van der Waals surface area contributed by atoms with Gasteiger partial charge >= 0.3 is 0 Å². The number of aldehydes is 1. The largest absolute Gasteiger partial charge is 0.372 e. The van der Waals surface area contributed by atoms with E-state index in [9.17, 15) is 14.9 Å². The summed E-state index contributed by atoms with van der Waals surface area (Å²) in [6, 6.07) is 5.23. The van der Waals surface area contributed by atoms with E-state index < -0.39 is 4.92 Å². The van der Waals surface area contributed by atoms with Crippen molar-refractivity contribution in [3.63, 3.8) is 0 Å². The summed E-state index contributed by atoms with van der Waals surface area (Å²) in [5.74, 6) is 0. The maximum absolute atomic E-state index is 11.0. The molecule has 5 nitrogen and oxygen atoms in total. The zero-order chi connectivity index (χ0) is 14.5. The molecule has 0 amide bonds. The van der Waals surface area contributed by atoms with Gasteiger partial charge in [-0.25, -0.2) is 0 Å². The molecule has 0 aliphatic heterocycles. The van der Waals surface area contributed by atoms with Gasteiger partial charge in [-0.15, -0.1) is 0 Å². The first-order valence-corrected chi connectivity index (χ1v) is 7.10. The zero-order valence-electron chi connectivity index (χ0n) is 11.7. The molecule has 0 unspecified atom stereocenters. The Kier molecular flexibility index (Phi) is 4.71. The number of rotatable bonds is 4. The van der Waals surface area contributed by atoms with Crippen LogP contribution in [0.1, 0.15) is 48.9 Å². The third kappa shape index (κ3) is 3.15. The molecule has 1 fully saturated rings. The number of carbonyl (C=O) groups is 1. The Bertz CT molecular complexity index is 494. The normalized spacial score (nSPS) is 16.4. The first-order chi connectivity index (χ1) is 9.63. The Morgan fingerprint density at radius 3 is 2.45 bits per heavy atom. The molecule has 0 saturated heterocycles. The van der Waals surface area contributed by atoms with Gasteiger partial charge in [-0.1, -0.05) is 25.7 Å². The number of carbonyl (C=O) groups excluding carboxylic acids is 1. The summed E-state index contributed by atoms with van der Waals surface area (Å²) in [5, 5.41) is 10.8. The summed E-state index contributed by atoms with van der Waals surface area (Å²) in [6.07, 6.45) is 7.86. The van der Waals surface area contributed by atoms with Gasteiger partial charge in [-0.2, -0.15) is 0 Å². The molecule has 5 heteroatoms. The fourth-order valence-corrected chi connectivity index (χ4v) is 2.88. The van der Waals surface area contributed by atoms with E-state index in [2.05, 4.69) is 4.90 Å². The highest BCUT2D eigenvalue weighted by Gasteiger charge is 2.20. The first-order valence-electron chi connectivity index (χ1n) is 7.10. The number of hydrogen-bond acceptors (Lipinski definition) is 4. The summed E-state index contributed by atoms with van der Waals surface area (Å²) < 4.78 is 0. The Balaban J connectivity index is 2.23. The van der Waals surface area contributed by atoms with Gasteiger partial charge in [0.2, 0.25) is 0 Å². The van der Waals surface area contributed by atoms with Crippen LogP contribution in [0.2, 0.25) is 0 Å². The van der Waals surface area contributed by atoms with E-state index in [1.54, 1.807) is 12.1 Å². The van der Waals surface area contributed by atoms with Gasteiger partial charge in [-0.3, -0.25) is 14.9 Å². The van der Waals surface area contributed by atoms with E-state index in [4.69, 9.17) is 0 Å². The Hall–Kier alpha value is -1.91. The van der Waals surface area contributed by atoms with E-state index in [-0.39, 0.29) is 11.3 Å². The number of anilines is 1. The Morgan fingerprint density at radius 2 is 1.90 bits per heavy atom. The van der Waals surface area contributed by atoms with Gasteiger partial charge in [0.1, 0.15) is 0 Å². The molecule has 0 N–H and O–H groups in total. The molecule has 1 aromatic carbocycles. The van der Waals surface area contributed by atoms with Crippen LogP contribution in [-0.2, 0) is 0 Å². The second kappa shape index (κ2) is 6.50. The van der Waals surface area contributed by atoms with E-state index >= 15 is 0 Å². The molecule has 2 rings (SSSR count). The van der Waals surface area contributed by atoms with E-state index in [0.717, 1.165) is 18.5 Å². The van der Waals surface area contributed by atoms with Crippen molar-refractivity contribution in [2.24, 2.45) is 0 Å². The molecule has 0 bridgehead atoms. The van der Waals surface area contributed by atoms with Crippen molar-refractivity contribution >= 4 is 17.7 Å². The highest BCUT2D eigenvalue weighted by Crippen LogP contribution is 2.28. The van der Waals surface area contributed by atoms with Crippen molar-refractivity contribution in [2.45, 2.75) is 44.6 Å². The molecule has 20 heavy (non-hydrogen) atoms. The second-order valence-corrected chi connectivity index (χ2v) is 5.37. The third-order valence-electron chi connectivity index (χ3n) is 4.11. The van der Waals surface area contributed by atoms with Crippen molar-refractivity contribution < 1.29 is 9.72 Å². The number of benzene rings is 1. The van der Waals surface area contributed by atoms with Gasteiger partial charge < -0.3 is 4.90 Å². The van der Waals surface area contributed by atoms with Crippen molar-refractivity contribution in [3.05, 3.63) is 33.9 Å². The fourth-order valence-electron chi connectivity index (χ4n) is 2.88. The fraction of sp³-hybridized carbons (Fsp3) is 0.533. The number of nitro benzene ring substituents is 1. The van der Waals surface area contributed by atoms with Gasteiger partial charge in [0, 0.05) is 24.8 Å². The van der Waals surface area contributed by atoms with Crippen molar-refractivity contribution in [1.29, 1.82) is 0 Å². The lowest BCUT2D eigenvalue weighted by atomic mass is 10.1. The van der Waals surface area contributed by atoms with E-state index in [0.29, 0.717) is 12.3 Å². The maximum atomic E-state index is 11.0. The molecule has 1 aliphatic carbocycles. The summed E-state index contributed by atoms with van der Waals surface area (Å²) in [4.78, 5) is 23.5.